The van der Waals surface area contributed by atoms with E-state index in [2.05, 4.69) is 5.32 Å². The van der Waals surface area contributed by atoms with Crippen LogP contribution in [-0.4, -0.2) is 17.6 Å². The predicted molar refractivity (Wildman–Crippen MR) is 59.2 cm³/mol. The highest BCUT2D eigenvalue weighted by atomic mass is 16.3. The number of carbonyl (C=O) groups excluding carboxylic acids is 1. The van der Waals surface area contributed by atoms with Crippen LogP contribution in [0.2, 0.25) is 0 Å². The Morgan fingerprint density at radius 2 is 1.93 bits per heavy atom. The van der Waals surface area contributed by atoms with Crippen molar-refractivity contribution in [3.05, 3.63) is 35.9 Å². The first-order chi connectivity index (χ1) is 7.15. The summed E-state index contributed by atoms with van der Waals surface area (Å²) in [5.74, 6) is -0.468. The lowest BCUT2D eigenvalue weighted by molar-refractivity contribution is -0.126. The van der Waals surface area contributed by atoms with Gasteiger partial charge in [-0.1, -0.05) is 37.3 Å². The van der Waals surface area contributed by atoms with E-state index in [4.69, 9.17) is 5.11 Å². The fourth-order valence-electron chi connectivity index (χ4n) is 1.26. The van der Waals surface area contributed by atoms with Crippen molar-refractivity contribution in [3.8, 4) is 0 Å². The van der Waals surface area contributed by atoms with Gasteiger partial charge >= 0.3 is 0 Å². The molecule has 0 saturated heterocycles. The third-order valence-corrected chi connectivity index (χ3v) is 2.38. The SMILES string of the molecule is CC(CO)C(=O)N[C@@H](C)c1ccccc1. The molecule has 0 aliphatic rings. The van der Waals surface area contributed by atoms with Crippen molar-refractivity contribution < 1.29 is 9.90 Å². The van der Waals surface area contributed by atoms with Crippen molar-refractivity contribution in [2.24, 2.45) is 5.92 Å². The molecule has 1 amide bonds. The molecule has 15 heavy (non-hydrogen) atoms. The molecule has 0 spiro atoms. The molecule has 3 nitrogen and oxygen atoms in total. The van der Waals surface area contributed by atoms with Crippen LogP contribution in [0.25, 0.3) is 0 Å². The highest BCUT2D eigenvalue weighted by Crippen LogP contribution is 2.11. The predicted octanol–water partition coefficient (Wildman–Crippen LogP) is 1.49. The molecule has 2 N–H and O–H groups in total. The summed E-state index contributed by atoms with van der Waals surface area (Å²) in [7, 11) is 0. The third kappa shape index (κ3) is 3.36. The molecular weight excluding hydrogens is 190 g/mol. The van der Waals surface area contributed by atoms with Crippen LogP contribution in [0.1, 0.15) is 25.5 Å². The summed E-state index contributed by atoms with van der Waals surface area (Å²) in [4.78, 5) is 11.5. The number of benzene rings is 1. The molecule has 0 bridgehead atoms. The molecule has 1 rings (SSSR count). The standard InChI is InChI=1S/C12H17NO2/c1-9(8-14)12(15)13-10(2)11-6-4-3-5-7-11/h3-7,9-10,14H,8H2,1-2H3,(H,13,15)/t9?,10-/m0/s1. The normalized spacial score (nSPS) is 14.3. The van der Waals surface area contributed by atoms with E-state index in [0.29, 0.717) is 0 Å². The van der Waals surface area contributed by atoms with E-state index in [1.165, 1.54) is 0 Å². The number of rotatable bonds is 4. The Bertz CT molecular complexity index is 311. The Hall–Kier alpha value is -1.35. The molecule has 1 aromatic carbocycles. The molecule has 3 heteroatoms. The van der Waals surface area contributed by atoms with Gasteiger partial charge < -0.3 is 10.4 Å². The molecule has 0 fully saturated rings. The van der Waals surface area contributed by atoms with Crippen LogP contribution in [0.5, 0.6) is 0 Å². The molecule has 0 aliphatic carbocycles. The van der Waals surface area contributed by atoms with Crippen molar-refractivity contribution in [1.82, 2.24) is 5.32 Å². The summed E-state index contributed by atoms with van der Waals surface area (Å²) in [6, 6.07) is 9.73. The van der Waals surface area contributed by atoms with Gasteiger partial charge in [0.1, 0.15) is 0 Å². The number of carbonyl (C=O) groups is 1. The molecule has 1 aromatic rings. The lowest BCUT2D eigenvalue weighted by Gasteiger charge is -2.16. The van der Waals surface area contributed by atoms with E-state index in [-0.39, 0.29) is 24.5 Å². The van der Waals surface area contributed by atoms with E-state index in [9.17, 15) is 4.79 Å². The number of hydrogen-bond acceptors (Lipinski definition) is 2. The third-order valence-electron chi connectivity index (χ3n) is 2.38. The van der Waals surface area contributed by atoms with E-state index >= 15 is 0 Å². The number of hydrogen-bond donors (Lipinski definition) is 2. The molecule has 0 heterocycles. The Morgan fingerprint density at radius 3 is 2.47 bits per heavy atom. The van der Waals surface area contributed by atoms with E-state index in [0.717, 1.165) is 5.56 Å². The summed E-state index contributed by atoms with van der Waals surface area (Å²) in [6.07, 6.45) is 0. The maximum Gasteiger partial charge on any atom is 0.225 e. The Morgan fingerprint density at radius 1 is 1.33 bits per heavy atom. The fraction of sp³-hybridized carbons (Fsp3) is 0.417. The summed E-state index contributed by atoms with van der Waals surface area (Å²) in [5, 5.41) is 11.7. The minimum absolute atomic E-state index is 0.0206. The van der Waals surface area contributed by atoms with Crippen LogP contribution in [0, 0.1) is 5.92 Å². The van der Waals surface area contributed by atoms with Gasteiger partial charge in [0.15, 0.2) is 0 Å². The number of aliphatic hydroxyl groups excluding tert-OH is 1. The summed E-state index contributed by atoms with van der Waals surface area (Å²) in [5.41, 5.74) is 1.07. The van der Waals surface area contributed by atoms with Crippen molar-refractivity contribution in [3.63, 3.8) is 0 Å². The Kier molecular flexibility index (Phi) is 4.31. The largest absolute Gasteiger partial charge is 0.396 e. The van der Waals surface area contributed by atoms with Crippen LogP contribution in [0.4, 0.5) is 0 Å². The van der Waals surface area contributed by atoms with Gasteiger partial charge in [-0.2, -0.15) is 0 Å². The minimum Gasteiger partial charge on any atom is -0.396 e. The van der Waals surface area contributed by atoms with E-state index < -0.39 is 0 Å². The zero-order chi connectivity index (χ0) is 11.3. The van der Waals surface area contributed by atoms with Crippen LogP contribution in [-0.2, 0) is 4.79 Å². The molecule has 2 atom stereocenters. The van der Waals surface area contributed by atoms with Crippen molar-refractivity contribution >= 4 is 5.91 Å². The first kappa shape index (κ1) is 11.7. The van der Waals surface area contributed by atoms with Crippen molar-refractivity contribution in [2.75, 3.05) is 6.61 Å². The molecule has 0 aromatic heterocycles. The molecule has 0 aliphatic heterocycles. The first-order valence-corrected chi connectivity index (χ1v) is 5.11. The van der Waals surface area contributed by atoms with Crippen molar-refractivity contribution in [2.45, 2.75) is 19.9 Å². The molecule has 0 radical (unpaired) electrons. The van der Waals surface area contributed by atoms with Crippen LogP contribution >= 0.6 is 0 Å². The fourth-order valence-corrected chi connectivity index (χ4v) is 1.26. The van der Waals surface area contributed by atoms with E-state index in [1.807, 2.05) is 37.3 Å². The maximum absolute atomic E-state index is 11.5. The smallest absolute Gasteiger partial charge is 0.225 e. The number of nitrogens with one attached hydrogen (secondary N) is 1. The number of amides is 1. The Labute approximate surface area is 90.1 Å². The van der Waals surface area contributed by atoms with E-state index in [1.54, 1.807) is 6.92 Å². The van der Waals surface area contributed by atoms with Crippen LogP contribution in [0.3, 0.4) is 0 Å². The molecule has 82 valence electrons. The summed E-state index contributed by atoms with van der Waals surface area (Å²) < 4.78 is 0. The second-order valence-electron chi connectivity index (χ2n) is 3.72. The quantitative estimate of drug-likeness (QED) is 0.786. The van der Waals surface area contributed by atoms with Gasteiger partial charge in [-0.3, -0.25) is 4.79 Å². The second-order valence-corrected chi connectivity index (χ2v) is 3.72. The van der Waals surface area contributed by atoms with Gasteiger partial charge in [-0.05, 0) is 12.5 Å². The maximum atomic E-state index is 11.5. The first-order valence-electron chi connectivity index (χ1n) is 5.11. The van der Waals surface area contributed by atoms with Gasteiger partial charge in [0, 0.05) is 0 Å². The molecule has 0 saturated carbocycles. The van der Waals surface area contributed by atoms with Gasteiger partial charge in [-0.15, -0.1) is 0 Å². The zero-order valence-electron chi connectivity index (χ0n) is 9.10. The van der Waals surface area contributed by atoms with Gasteiger partial charge in [0.2, 0.25) is 5.91 Å². The van der Waals surface area contributed by atoms with Gasteiger partial charge in [-0.25, -0.2) is 0 Å². The lowest BCUT2D eigenvalue weighted by atomic mass is 10.1. The minimum atomic E-state index is -0.351. The van der Waals surface area contributed by atoms with Crippen molar-refractivity contribution in [1.29, 1.82) is 0 Å². The monoisotopic (exact) mass is 207 g/mol. The van der Waals surface area contributed by atoms with Gasteiger partial charge in [0.25, 0.3) is 0 Å². The second kappa shape index (κ2) is 5.51. The molecular formula is C12H17NO2. The topological polar surface area (TPSA) is 49.3 Å². The lowest BCUT2D eigenvalue weighted by Crippen LogP contribution is -2.33. The van der Waals surface area contributed by atoms with Crippen LogP contribution in [0.15, 0.2) is 30.3 Å². The molecule has 1 unspecified atom stereocenters. The average molecular weight is 207 g/mol. The number of aliphatic hydroxyl groups is 1. The summed E-state index contributed by atoms with van der Waals surface area (Å²) >= 11 is 0. The highest BCUT2D eigenvalue weighted by molar-refractivity contribution is 5.78. The zero-order valence-corrected chi connectivity index (χ0v) is 9.10. The van der Waals surface area contributed by atoms with Gasteiger partial charge in [0.05, 0.1) is 18.6 Å². The highest BCUT2D eigenvalue weighted by Gasteiger charge is 2.14. The average Bonchev–Trinajstić information content (AvgIpc) is 2.29. The Balaban J connectivity index is 2.56. The van der Waals surface area contributed by atoms with Crippen LogP contribution < -0.4 is 5.32 Å². The summed E-state index contributed by atoms with van der Waals surface area (Å²) in [6.45, 7) is 3.51.